The van der Waals surface area contributed by atoms with Gasteiger partial charge in [0.05, 0.1) is 12.0 Å². The van der Waals surface area contributed by atoms with Crippen molar-refractivity contribution in [2.24, 2.45) is 34.5 Å². The van der Waals surface area contributed by atoms with Gasteiger partial charge in [-0.25, -0.2) is 0 Å². The lowest BCUT2D eigenvalue weighted by Gasteiger charge is -2.48. The van der Waals surface area contributed by atoms with Crippen molar-refractivity contribution in [3.63, 3.8) is 0 Å². The number of Topliss-reactive ketones (excluding diaryl/α,β-unsaturated/α-hetero) is 1. The van der Waals surface area contributed by atoms with E-state index in [1.54, 1.807) is 19.1 Å². The summed E-state index contributed by atoms with van der Waals surface area (Å²) in [6, 6.07) is 0. The average molecular weight is 348 g/mol. The summed E-state index contributed by atoms with van der Waals surface area (Å²) in [5, 5.41) is 43.0. The van der Waals surface area contributed by atoms with E-state index in [-0.39, 0.29) is 28.6 Å². The van der Waals surface area contributed by atoms with E-state index in [1.807, 2.05) is 6.92 Å². The zero-order valence-corrected chi connectivity index (χ0v) is 15.2. The van der Waals surface area contributed by atoms with Crippen LogP contribution >= 0.6 is 0 Å². The fraction of sp³-hybridized carbons (Fsp3) is 0.750. The van der Waals surface area contributed by atoms with Crippen molar-refractivity contribution in [1.29, 1.82) is 0 Å². The molecule has 2 saturated carbocycles. The lowest BCUT2D eigenvalue weighted by atomic mass is 9.59. The van der Waals surface area contributed by atoms with E-state index in [0.717, 1.165) is 6.42 Å². The molecule has 0 radical (unpaired) electrons. The molecule has 2 fully saturated rings. The van der Waals surface area contributed by atoms with Crippen LogP contribution in [0.15, 0.2) is 23.3 Å². The highest BCUT2D eigenvalue weighted by Gasteiger charge is 2.75. The Morgan fingerprint density at radius 3 is 2.48 bits per heavy atom. The van der Waals surface area contributed by atoms with Crippen LogP contribution in [0.5, 0.6) is 0 Å². The molecule has 0 saturated heterocycles. The highest BCUT2D eigenvalue weighted by atomic mass is 16.4. The van der Waals surface area contributed by atoms with Gasteiger partial charge < -0.3 is 20.4 Å². The summed E-state index contributed by atoms with van der Waals surface area (Å²) in [6.07, 6.45) is 1.34. The first-order chi connectivity index (χ1) is 11.5. The van der Waals surface area contributed by atoms with Crippen LogP contribution in [0.1, 0.15) is 34.1 Å². The Kier molecular flexibility index (Phi) is 3.36. The van der Waals surface area contributed by atoms with Crippen LogP contribution in [0.3, 0.4) is 0 Å². The average Bonchev–Trinajstić information content (AvgIpc) is 3.05. The van der Waals surface area contributed by atoms with Crippen molar-refractivity contribution in [2.45, 2.75) is 51.9 Å². The molecule has 4 N–H and O–H groups in total. The zero-order chi connectivity index (χ0) is 18.5. The Labute approximate surface area is 148 Å². The summed E-state index contributed by atoms with van der Waals surface area (Å²) < 4.78 is 0. The van der Waals surface area contributed by atoms with Gasteiger partial charge in [-0.15, -0.1) is 0 Å². The molecule has 0 aromatic rings. The standard InChI is InChI=1S/C20H28O5/c1-9-7-19-10(2)5-13-14(18(13,3)4)12(17(19)24)6-11(8-21)16(23)20(19,25)15(9)22/h6-7,10,12-16,21-23,25H,5,8H2,1-4H3/t10-,12+,13-,14+,15+,16-,19?,20?/m1/s1. The first-order valence-electron chi connectivity index (χ1n) is 9.18. The van der Waals surface area contributed by atoms with E-state index in [4.69, 9.17) is 0 Å². The molecule has 5 heteroatoms. The van der Waals surface area contributed by atoms with Gasteiger partial charge in [-0.2, -0.15) is 0 Å². The lowest BCUT2D eigenvalue weighted by molar-refractivity contribution is -0.190. The first-order valence-corrected chi connectivity index (χ1v) is 9.18. The number of hydrogen-bond donors (Lipinski definition) is 4. The number of rotatable bonds is 1. The molecule has 4 aliphatic carbocycles. The van der Waals surface area contributed by atoms with Gasteiger partial charge in [-0.3, -0.25) is 4.79 Å². The SMILES string of the molecule is CC1=CC23C(=O)[C@@H](C=C(CO)[C@@H](O)C2(O)[C@H]1O)[C@H]1[C@@H](C[C@H]3C)C1(C)C. The number of carbonyl (C=O) groups excluding carboxylic acids is 1. The molecule has 2 bridgehead atoms. The quantitative estimate of drug-likeness (QED) is 0.526. The number of carbonyl (C=O) groups is 1. The molecule has 5 nitrogen and oxygen atoms in total. The number of aliphatic hydroxyl groups is 4. The third-order valence-corrected chi connectivity index (χ3v) is 7.93. The number of allylic oxidation sites excluding steroid dienone is 1. The van der Waals surface area contributed by atoms with E-state index in [2.05, 4.69) is 13.8 Å². The molecule has 0 aromatic heterocycles. The topological polar surface area (TPSA) is 98.0 Å². The van der Waals surface area contributed by atoms with Crippen molar-refractivity contribution in [3.05, 3.63) is 23.3 Å². The third kappa shape index (κ3) is 1.71. The highest BCUT2D eigenvalue weighted by Crippen LogP contribution is 2.71. The second-order valence-corrected chi connectivity index (χ2v) is 9.27. The molecule has 138 valence electrons. The van der Waals surface area contributed by atoms with Gasteiger partial charge in [0.15, 0.2) is 5.78 Å². The predicted molar refractivity (Wildman–Crippen MR) is 91.4 cm³/mol. The Morgan fingerprint density at radius 2 is 1.88 bits per heavy atom. The summed E-state index contributed by atoms with van der Waals surface area (Å²) in [5.74, 6) is -0.288. The summed E-state index contributed by atoms with van der Waals surface area (Å²) >= 11 is 0. The van der Waals surface area contributed by atoms with Crippen LogP contribution in [-0.2, 0) is 4.79 Å². The van der Waals surface area contributed by atoms with E-state index >= 15 is 0 Å². The van der Waals surface area contributed by atoms with Crippen molar-refractivity contribution in [3.8, 4) is 0 Å². The summed E-state index contributed by atoms with van der Waals surface area (Å²) in [7, 11) is 0. The van der Waals surface area contributed by atoms with Gasteiger partial charge in [-0.05, 0) is 47.7 Å². The molecule has 4 rings (SSSR count). The second-order valence-electron chi connectivity index (χ2n) is 9.27. The number of ketones is 1. The molecule has 4 aliphatic rings. The summed E-state index contributed by atoms with van der Waals surface area (Å²) in [6.45, 7) is 7.50. The number of hydrogen-bond acceptors (Lipinski definition) is 5. The van der Waals surface area contributed by atoms with Gasteiger partial charge in [0.1, 0.15) is 17.8 Å². The van der Waals surface area contributed by atoms with E-state index in [9.17, 15) is 25.2 Å². The smallest absolute Gasteiger partial charge is 0.153 e. The van der Waals surface area contributed by atoms with Crippen molar-refractivity contribution < 1.29 is 25.2 Å². The minimum Gasteiger partial charge on any atom is -0.392 e. The third-order valence-electron chi connectivity index (χ3n) is 7.93. The number of aliphatic hydroxyl groups excluding tert-OH is 3. The lowest BCUT2D eigenvalue weighted by Crippen LogP contribution is -2.65. The predicted octanol–water partition coefficient (Wildman–Crippen LogP) is 0.815. The van der Waals surface area contributed by atoms with Gasteiger partial charge in [-0.1, -0.05) is 32.9 Å². The van der Waals surface area contributed by atoms with Gasteiger partial charge >= 0.3 is 0 Å². The van der Waals surface area contributed by atoms with E-state index < -0.39 is 35.7 Å². The largest absolute Gasteiger partial charge is 0.392 e. The van der Waals surface area contributed by atoms with Crippen LogP contribution in [-0.4, -0.2) is 50.6 Å². The normalized spacial score (nSPS) is 53.2. The Morgan fingerprint density at radius 1 is 1.24 bits per heavy atom. The minimum absolute atomic E-state index is 0.0245. The van der Waals surface area contributed by atoms with Crippen LogP contribution in [0.2, 0.25) is 0 Å². The van der Waals surface area contributed by atoms with Gasteiger partial charge in [0.25, 0.3) is 0 Å². The van der Waals surface area contributed by atoms with E-state index in [0.29, 0.717) is 11.5 Å². The van der Waals surface area contributed by atoms with Gasteiger partial charge in [0.2, 0.25) is 0 Å². The van der Waals surface area contributed by atoms with Crippen molar-refractivity contribution in [2.75, 3.05) is 6.61 Å². The molecule has 25 heavy (non-hydrogen) atoms. The monoisotopic (exact) mass is 348 g/mol. The maximum Gasteiger partial charge on any atom is 0.153 e. The molecule has 0 amide bonds. The minimum atomic E-state index is -2.03. The Balaban J connectivity index is 1.99. The second kappa shape index (κ2) is 4.83. The fourth-order valence-corrected chi connectivity index (χ4v) is 6.43. The molecular formula is C20H28O5. The summed E-state index contributed by atoms with van der Waals surface area (Å²) in [4.78, 5) is 13.7. The van der Waals surface area contributed by atoms with Crippen LogP contribution in [0, 0.1) is 34.5 Å². The van der Waals surface area contributed by atoms with Crippen LogP contribution in [0.4, 0.5) is 0 Å². The van der Waals surface area contributed by atoms with Gasteiger partial charge in [0, 0.05) is 5.92 Å². The van der Waals surface area contributed by atoms with Crippen LogP contribution < -0.4 is 0 Å². The highest BCUT2D eigenvalue weighted by molar-refractivity contribution is 5.95. The molecule has 0 aromatic carbocycles. The fourth-order valence-electron chi connectivity index (χ4n) is 6.43. The summed E-state index contributed by atoms with van der Waals surface area (Å²) in [5.41, 5.74) is -2.58. The molecule has 0 heterocycles. The molecular weight excluding hydrogens is 320 g/mol. The van der Waals surface area contributed by atoms with E-state index in [1.165, 1.54) is 0 Å². The van der Waals surface area contributed by atoms with Crippen molar-refractivity contribution >= 4 is 5.78 Å². The molecule has 1 spiro atoms. The first kappa shape index (κ1) is 17.4. The molecule has 8 atom stereocenters. The molecule has 0 aliphatic heterocycles. The number of fused-ring (bicyclic) bond motifs is 3. The van der Waals surface area contributed by atoms with Crippen LogP contribution in [0.25, 0.3) is 0 Å². The Hall–Kier alpha value is -1.01. The Bertz CT molecular complexity index is 707. The maximum absolute atomic E-state index is 13.7. The zero-order valence-electron chi connectivity index (χ0n) is 15.2. The maximum atomic E-state index is 13.7. The molecule has 2 unspecified atom stereocenters. The van der Waals surface area contributed by atoms with Crippen molar-refractivity contribution in [1.82, 2.24) is 0 Å².